The Morgan fingerprint density at radius 2 is 1.86 bits per heavy atom. The van der Waals surface area contributed by atoms with Crippen LogP contribution in [0.15, 0.2) is 30.6 Å². The fourth-order valence-electron chi connectivity index (χ4n) is 2.65. The standard InChI is InChI=1S/C18H19F4N5O/c1-10(12-6-5-11(7-13(12)19)28-18(20,21)22)25-15-8-14(17(2,3)4)26-16-23-9-24-27(15)16/h5-10,25H,1-4H3. The summed E-state index contributed by atoms with van der Waals surface area (Å²) in [5, 5.41) is 7.23. The lowest BCUT2D eigenvalue weighted by atomic mass is 9.92. The third kappa shape index (κ3) is 4.32. The number of ether oxygens (including phenoxy) is 1. The second kappa shape index (κ2) is 6.92. The molecule has 0 saturated carbocycles. The van der Waals surface area contributed by atoms with Crippen molar-refractivity contribution in [3.63, 3.8) is 0 Å². The number of hydrogen-bond acceptors (Lipinski definition) is 5. The number of halogens is 4. The van der Waals surface area contributed by atoms with Gasteiger partial charge in [0.15, 0.2) is 0 Å². The Labute approximate surface area is 158 Å². The summed E-state index contributed by atoms with van der Waals surface area (Å²) in [5.74, 6) is -0.508. The van der Waals surface area contributed by atoms with Crippen LogP contribution in [0.25, 0.3) is 5.78 Å². The van der Waals surface area contributed by atoms with Crippen LogP contribution >= 0.6 is 0 Å². The lowest BCUT2D eigenvalue weighted by Crippen LogP contribution is -2.19. The molecule has 1 aromatic carbocycles. The van der Waals surface area contributed by atoms with Gasteiger partial charge in [-0.2, -0.15) is 14.6 Å². The third-order valence-electron chi connectivity index (χ3n) is 4.06. The number of hydrogen-bond donors (Lipinski definition) is 1. The maximum atomic E-state index is 14.4. The lowest BCUT2D eigenvalue weighted by molar-refractivity contribution is -0.274. The highest BCUT2D eigenvalue weighted by Crippen LogP contribution is 2.29. The first kappa shape index (κ1) is 19.8. The summed E-state index contributed by atoms with van der Waals surface area (Å²) in [5.41, 5.74) is 0.684. The molecule has 0 aliphatic carbocycles. The highest BCUT2D eigenvalue weighted by atomic mass is 19.4. The molecular formula is C18H19F4N5O. The van der Waals surface area contributed by atoms with Gasteiger partial charge in [0.05, 0.1) is 11.7 Å². The number of aromatic nitrogens is 4. The molecule has 1 N–H and O–H groups in total. The molecule has 0 amide bonds. The van der Waals surface area contributed by atoms with Crippen molar-refractivity contribution in [3.8, 4) is 5.75 Å². The van der Waals surface area contributed by atoms with E-state index in [1.165, 1.54) is 16.9 Å². The second-order valence-corrected chi connectivity index (χ2v) is 7.35. The summed E-state index contributed by atoms with van der Waals surface area (Å²) < 4.78 is 56.5. The summed E-state index contributed by atoms with van der Waals surface area (Å²) in [6.45, 7) is 7.67. The fourth-order valence-corrected chi connectivity index (χ4v) is 2.65. The van der Waals surface area contributed by atoms with Crippen molar-refractivity contribution in [2.24, 2.45) is 0 Å². The Hall–Kier alpha value is -2.91. The van der Waals surface area contributed by atoms with Crippen LogP contribution in [0.4, 0.5) is 23.4 Å². The molecule has 0 saturated heterocycles. The van der Waals surface area contributed by atoms with E-state index in [0.29, 0.717) is 17.7 Å². The summed E-state index contributed by atoms with van der Waals surface area (Å²) in [7, 11) is 0. The van der Waals surface area contributed by atoms with Gasteiger partial charge in [0.2, 0.25) is 0 Å². The first-order valence-corrected chi connectivity index (χ1v) is 8.47. The zero-order valence-electron chi connectivity index (χ0n) is 15.7. The molecule has 0 radical (unpaired) electrons. The SMILES string of the molecule is CC(Nc1cc(C(C)(C)C)nc2ncnn12)c1ccc(OC(F)(F)F)cc1F. The number of fused-ring (bicyclic) bond motifs is 1. The second-order valence-electron chi connectivity index (χ2n) is 7.35. The molecule has 150 valence electrons. The van der Waals surface area contributed by atoms with Crippen LogP contribution in [0.1, 0.15) is 45.0 Å². The van der Waals surface area contributed by atoms with E-state index >= 15 is 0 Å². The minimum Gasteiger partial charge on any atom is -0.406 e. The average molecular weight is 397 g/mol. The summed E-state index contributed by atoms with van der Waals surface area (Å²) in [6, 6.07) is 4.25. The van der Waals surface area contributed by atoms with E-state index in [4.69, 9.17) is 0 Å². The van der Waals surface area contributed by atoms with E-state index < -0.39 is 24.0 Å². The molecule has 0 aliphatic heterocycles. The minimum absolute atomic E-state index is 0.178. The summed E-state index contributed by atoms with van der Waals surface area (Å²) in [6.07, 6.45) is -3.52. The van der Waals surface area contributed by atoms with Gasteiger partial charge in [-0.05, 0) is 13.0 Å². The van der Waals surface area contributed by atoms with Gasteiger partial charge in [0.1, 0.15) is 23.7 Å². The zero-order chi connectivity index (χ0) is 20.7. The monoisotopic (exact) mass is 397 g/mol. The molecule has 3 aromatic rings. The molecule has 1 unspecified atom stereocenters. The highest BCUT2D eigenvalue weighted by Gasteiger charge is 2.31. The quantitative estimate of drug-likeness (QED) is 0.650. The molecule has 28 heavy (non-hydrogen) atoms. The maximum absolute atomic E-state index is 14.4. The smallest absolute Gasteiger partial charge is 0.406 e. The van der Waals surface area contributed by atoms with Crippen LogP contribution in [0.5, 0.6) is 5.75 Å². The largest absolute Gasteiger partial charge is 0.573 e. The molecule has 1 atom stereocenters. The van der Waals surface area contributed by atoms with Gasteiger partial charge in [-0.25, -0.2) is 9.37 Å². The number of anilines is 1. The predicted octanol–water partition coefficient (Wildman–Crippen LogP) is 4.63. The van der Waals surface area contributed by atoms with Crippen molar-refractivity contribution >= 4 is 11.6 Å². The van der Waals surface area contributed by atoms with Crippen molar-refractivity contribution in [2.45, 2.75) is 45.5 Å². The number of alkyl halides is 3. The van der Waals surface area contributed by atoms with Crippen molar-refractivity contribution in [3.05, 3.63) is 47.7 Å². The van der Waals surface area contributed by atoms with E-state index in [1.54, 1.807) is 13.0 Å². The Morgan fingerprint density at radius 1 is 1.14 bits per heavy atom. The fraction of sp³-hybridized carbons (Fsp3) is 0.389. The first-order chi connectivity index (χ1) is 12.9. The molecule has 10 heteroatoms. The van der Waals surface area contributed by atoms with Crippen molar-refractivity contribution in [2.75, 3.05) is 5.32 Å². The van der Waals surface area contributed by atoms with Gasteiger partial charge in [-0.3, -0.25) is 0 Å². The number of benzene rings is 1. The third-order valence-corrected chi connectivity index (χ3v) is 4.06. The number of rotatable bonds is 4. The maximum Gasteiger partial charge on any atom is 0.573 e. The summed E-state index contributed by atoms with van der Waals surface area (Å²) in [4.78, 5) is 8.56. The van der Waals surface area contributed by atoms with Gasteiger partial charge in [-0.15, -0.1) is 13.2 Å². The zero-order valence-corrected chi connectivity index (χ0v) is 15.7. The highest BCUT2D eigenvalue weighted by molar-refractivity contribution is 5.48. The lowest BCUT2D eigenvalue weighted by Gasteiger charge is -2.21. The van der Waals surface area contributed by atoms with Crippen molar-refractivity contribution < 1.29 is 22.3 Å². The minimum atomic E-state index is -4.88. The van der Waals surface area contributed by atoms with Gasteiger partial charge in [-0.1, -0.05) is 26.8 Å². The van der Waals surface area contributed by atoms with E-state index in [2.05, 4.69) is 25.1 Å². The number of nitrogens with zero attached hydrogens (tertiary/aromatic N) is 4. The Balaban J connectivity index is 1.91. The molecular weight excluding hydrogens is 378 g/mol. The Bertz CT molecular complexity index is 994. The van der Waals surface area contributed by atoms with Gasteiger partial charge in [0.25, 0.3) is 5.78 Å². The van der Waals surface area contributed by atoms with Crippen LogP contribution < -0.4 is 10.1 Å². The molecule has 2 heterocycles. The normalized spacial score (nSPS) is 13.6. The van der Waals surface area contributed by atoms with Crippen molar-refractivity contribution in [1.82, 2.24) is 19.6 Å². The Kier molecular flexibility index (Phi) is 4.90. The van der Waals surface area contributed by atoms with Crippen molar-refractivity contribution in [1.29, 1.82) is 0 Å². The average Bonchev–Trinajstić information content (AvgIpc) is 3.01. The predicted molar refractivity (Wildman–Crippen MR) is 94.6 cm³/mol. The van der Waals surface area contributed by atoms with E-state index in [9.17, 15) is 17.6 Å². The van der Waals surface area contributed by atoms with Gasteiger partial charge >= 0.3 is 6.36 Å². The van der Waals surface area contributed by atoms with Crippen LogP contribution in [0.2, 0.25) is 0 Å². The molecule has 3 rings (SSSR count). The molecule has 6 nitrogen and oxygen atoms in total. The van der Waals surface area contributed by atoms with Crippen LogP contribution in [0.3, 0.4) is 0 Å². The number of nitrogens with one attached hydrogen (secondary N) is 1. The van der Waals surface area contributed by atoms with E-state index in [1.807, 2.05) is 20.8 Å². The molecule has 0 aliphatic rings. The van der Waals surface area contributed by atoms with E-state index in [0.717, 1.165) is 11.8 Å². The molecule has 0 bridgehead atoms. The molecule has 0 fully saturated rings. The molecule has 0 spiro atoms. The van der Waals surface area contributed by atoms with Crippen LogP contribution in [0, 0.1) is 5.82 Å². The first-order valence-electron chi connectivity index (χ1n) is 8.47. The van der Waals surface area contributed by atoms with Crippen LogP contribution in [-0.2, 0) is 5.41 Å². The topological polar surface area (TPSA) is 64.3 Å². The van der Waals surface area contributed by atoms with Gasteiger partial charge in [0, 0.05) is 23.1 Å². The van der Waals surface area contributed by atoms with E-state index in [-0.39, 0.29) is 11.0 Å². The summed E-state index contributed by atoms with van der Waals surface area (Å²) >= 11 is 0. The Morgan fingerprint density at radius 3 is 2.46 bits per heavy atom. The van der Waals surface area contributed by atoms with Gasteiger partial charge < -0.3 is 10.1 Å². The molecule has 2 aromatic heterocycles. The van der Waals surface area contributed by atoms with Crippen LogP contribution in [-0.4, -0.2) is 25.9 Å².